The van der Waals surface area contributed by atoms with E-state index < -0.39 is 16.9 Å². The zero-order valence-corrected chi connectivity index (χ0v) is 18.1. The summed E-state index contributed by atoms with van der Waals surface area (Å²) in [5.41, 5.74) is -0.151. The molecule has 1 aliphatic heterocycles. The first-order valence-corrected chi connectivity index (χ1v) is 9.96. The molecule has 0 radical (unpaired) electrons. The molecule has 1 amide bonds. The normalized spacial score (nSPS) is 17.4. The zero-order valence-electron chi connectivity index (χ0n) is 16.6. The van der Waals surface area contributed by atoms with Gasteiger partial charge in [-0.1, -0.05) is 23.2 Å². The fraction of sp³-hybridized carbons (Fsp3) is 0.474. The first-order valence-electron chi connectivity index (χ1n) is 9.21. The lowest BCUT2D eigenvalue weighted by atomic mass is 10.1. The number of hydrogen-bond donors (Lipinski definition) is 0. The van der Waals surface area contributed by atoms with Crippen LogP contribution in [-0.2, 0) is 17.5 Å². The highest BCUT2D eigenvalue weighted by Gasteiger charge is 2.38. The number of anilines is 1. The van der Waals surface area contributed by atoms with Gasteiger partial charge in [-0.15, -0.1) is 0 Å². The lowest BCUT2D eigenvalue weighted by Crippen LogP contribution is -2.54. The molecule has 0 spiro atoms. The third-order valence-electron chi connectivity index (χ3n) is 5.13. The highest BCUT2D eigenvalue weighted by atomic mass is 35.5. The van der Waals surface area contributed by atoms with Crippen LogP contribution in [0.4, 0.5) is 18.9 Å². The van der Waals surface area contributed by atoms with Gasteiger partial charge in [-0.2, -0.15) is 18.3 Å². The van der Waals surface area contributed by atoms with Crippen LogP contribution in [0.1, 0.15) is 18.3 Å². The number of aromatic nitrogens is 2. The highest BCUT2D eigenvalue weighted by molar-refractivity contribution is 6.32. The van der Waals surface area contributed by atoms with E-state index in [1.54, 1.807) is 18.1 Å². The lowest BCUT2D eigenvalue weighted by Gasteiger charge is -2.41. The van der Waals surface area contributed by atoms with Crippen LogP contribution in [0, 0.1) is 6.92 Å². The SMILES string of the molecule is COc1cc(N2CCN(C(=O)Cn3nc(C(F)(F)F)c(Cl)c3C)C[C@@H]2C)ccc1Cl. The number of amides is 1. The van der Waals surface area contributed by atoms with Crippen molar-refractivity contribution in [3.05, 3.63) is 39.6 Å². The van der Waals surface area contributed by atoms with Gasteiger partial charge in [-0.25, -0.2) is 0 Å². The number of halogens is 5. The number of methoxy groups -OCH3 is 1. The Morgan fingerprint density at radius 1 is 1.30 bits per heavy atom. The molecule has 1 aromatic heterocycles. The fourth-order valence-electron chi connectivity index (χ4n) is 3.48. The number of ether oxygens (including phenoxy) is 1. The first kappa shape index (κ1) is 22.6. The molecule has 0 N–H and O–H groups in total. The maximum absolute atomic E-state index is 13.0. The van der Waals surface area contributed by atoms with Gasteiger partial charge in [0.05, 0.1) is 22.8 Å². The molecule has 11 heteroatoms. The Bertz CT molecular complexity index is 949. The van der Waals surface area contributed by atoms with Gasteiger partial charge in [-0.3, -0.25) is 9.48 Å². The van der Waals surface area contributed by atoms with Gasteiger partial charge in [0.2, 0.25) is 5.91 Å². The van der Waals surface area contributed by atoms with Gasteiger partial charge in [0.1, 0.15) is 12.3 Å². The van der Waals surface area contributed by atoms with Crippen molar-refractivity contribution in [2.45, 2.75) is 32.6 Å². The summed E-state index contributed by atoms with van der Waals surface area (Å²) in [4.78, 5) is 16.5. The van der Waals surface area contributed by atoms with Crippen molar-refractivity contribution in [1.82, 2.24) is 14.7 Å². The second kappa shape index (κ2) is 8.55. The average molecular weight is 465 g/mol. The summed E-state index contributed by atoms with van der Waals surface area (Å²) in [6.07, 6.45) is -4.67. The van der Waals surface area contributed by atoms with Gasteiger partial charge < -0.3 is 14.5 Å². The number of carbonyl (C=O) groups excluding carboxylic acids is 1. The molecule has 1 fully saturated rings. The minimum atomic E-state index is -4.67. The number of rotatable bonds is 4. The quantitative estimate of drug-likeness (QED) is 0.677. The zero-order chi connectivity index (χ0) is 22.2. The van der Waals surface area contributed by atoms with E-state index in [4.69, 9.17) is 27.9 Å². The van der Waals surface area contributed by atoms with E-state index >= 15 is 0 Å². The monoisotopic (exact) mass is 464 g/mol. The summed E-state index contributed by atoms with van der Waals surface area (Å²) in [5, 5.41) is 3.53. The second-order valence-electron chi connectivity index (χ2n) is 7.10. The lowest BCUT2D eigenvalue weighted by molar-refractivity contribution is -0.142. The Hall–Kier alpha value is -2.13. The summed E-state index contributed by atoms with van der Waals surface area (Å²) < 4.78 is 45.2. The molecule has 164 valence electrons. The summed E-state index contributed by atoms with van der Waals surface area (Å²) >= 11 is 11.8. The van der Waals surface area contributed by atoms with Gasteiger partial charge in [0.15, 0.2) is 5.69 Å². The molecule has 0 bridgehead atoms. The Morgan fingerprint density at radius 2 is 2.00 bits per heavy atom. The van der Waals surface area contributed by atoms with Crippen LogP contribution in [0.3, 0.4) is 0 Å². The molecular formula is C19H21Cl2F3N4O2. The highest BCUT2D eigenvalue weighted by Crippen LogP contribution is 2.35. The van der Waals surface area contributed by atoms with Crippen molar-refractivity contribution in [2.24, 2.45) is 0 Å². The van der Waals surface area contributed by atoms with Crippen LogP contribution in [0.25, 0.3) is 0 Å². The van der Waals surface area contributed by atoms with Crippen molar-refractivity contribution in [3.63, 3.8) is 0 Å². The molecule has 1 aliphatic rings. The first-order chi connectivity index (χ1) is 14.0. The molecule has 1 aromatic carbocycles. The molecule has 3 rings (SSSR count). The van der Waals surface area contributed by atoms with Crippen molar-refractivity contribution in [1.29, 1.82) is 0 Å². The van der Waals surface area contributed by atoms with E-state index in [0.717, 1.165) is 10.4 Å². The maximum Gasteiger partial charge on any atom is 0.436 e. The van der Waals surface area contributed by atoms with E-state index in [0.29, 0.717) is 30.4 Å². The fourth-order valence-corrected chi connectivity index (χ4v) is 3.92. The molecule has 1 saturated heterocycles. The van der Waals surface area contributed by atoms with Crippen LogP contribution in [0.15, 0.2) is 18.2 Å². The van der Waals surface area contributed by atoms with Crippen molar-refractivity contribution >= 4 is 34.8 Å². The molecule has 6 nitrogen and oxygen atoms in total. The smallest absolute Gasteiger partial charge is 0.436 e. The van der Waals surface area contributed by atoms with Crippen molar-refractivity contribution in [3.8, 4) is 5.75 Å². The largest absolute Gasteiger partial charge is 0.495 e. The van der Waals surface area contributed by atoms with Crippen LogP contribution < -0.4 is 9.64 Å². The minimum Gasteiger partial charge on any atom is -0.495 e. The number of benzene rings is 1. The van der Waals surface area contributed by atoms with Gasteiger partial charge in [0.25, 0.3) is 0 Å². The van der Waals surface area contributed by atoms with Crippen molar-refractivity contribution < 1.29 is 22.7 Å². The van der Waals surface area contributed by atoms with Gasteiger partial charge >= 0.3 is 6.18 Å². The predicted octanol–water partition coefficient (Wildman–Crippen LogP) is 4.26. The third-order valence-corrected chi connectivity index (χ3v) is 5.90. The van der Waals surface area contributed by atoms with E-state index in [1.165, 1.54) is 6.92 Å². The summed E-state index contributed by atoms with van der Waals surface area (Å²) in [5.74, 6) is 0.248. The average Bonchev–Trinajstić information content (AvgIpc) is 2.97. The molecule has 0 unspecified atom stereocenters. The van der Waals surface area contributed by atoms with Crippen LogP contribution in [0.5, 0.6) is 5.75 Å². The number of nitrogens with zero attached hydrogens (tertiary/aromatic N) is 4. The van der Waals surface area contributed by atoms with E-state index in [-0.39, 0.29) is 24.2 Å². The molecule has 1 atom stereocenters. The molecule has 2 aromatic rings. The van der Waals surface area contributed by atoms with Crippen LogP contribution in [-0.4, -0.2) is 53.4 Å². The van der Waals surface area contributed by atoms with E-state index in [9.17, 15) is 18.0 Å². The third kappa shape index (κ3) is 4.46. The summed E-state index contributed by atoms with van der Waals surface area (Å²) in [7, 11) is 1.54. The van der Waals surface area contributed by atoms with Crippen LogP contribution in [0.2, 0.25) is 10.0 Å². The Labute approximate surface area is 182 Å². The Kier molecular flexibility index (Phi) is 6.43. The van der Waals surface area contributed by atoms with E-state index in [2.05, 4.69) is 10.00 Å². The number of hydrogen-bond acceptors (Lipinski definition) is 4. The predicted molar refractivity (Wildman–Crippen MR) is 108 cm³/mol. The Balaban J connectivity index is 1.69. The molecule has 30 heavy (non-hydrogen) atoms. The maximum atomic E-state index is 13.0. The van der Waals surface area contributed by atoms with Crippen molar-refractivity contribution in [2.75, 3.05) is 31.6 Å². The van der Waals surface area contributed by atoms with E-state index in [1.807, 2.05) is 19.1 Å². The molecule has 0 saturated carbocycles. The van der Waals surface area contributed by atoms with Crippen LogP contribution >= 0.6 is 23.2 Å². The Morgan fingerprint density at radius 3 is 2.57 bits per heavy atom. The molecule has 2 heterocycles. The second-order valence-corrected chi connectivity index (χ2v) is 7.89. The standard InChI is InChI=1S/C19H21Cl2F3N4O2/c1-11-9-26(6-7-27(11)13-4-5-14(20)15(8-13)30-3)16(29)10-28-12(2)17(21)18(25-28)19(22,23)24/h4-5,8,11H,6-7,9-10H2,1-3H3/t11-/m0/s1. The number of carbonyl (C=O) groups is 1. The summed E-state index contributed by atoms with van der Waals surface area (Å²) in [6, 6.07) is 5.46. The van der Waals surface area contributed by atoms with Gasteiger partial charge in [-0.05, 0) is 26.0 Å². The minimum absolute atomic E-state index is 0.0124. The van der Waals surface area contributed by atoms with Gasteiger partial charge in [0, 0.05) is 37.4 Å². The topological polar surface area (TPSA) is 50.6 Å². The molecular weight excluding hydrogens is 444 g/mol. The molecule has 0 aliphatic carbocycles. The number of piperazine rings is 1. The number of alkyl halides is 3. The summed E-state index contributed by atoms with van der Waals surface area (Å²) in [6.45, 7) is 4.48.